The number of esters is 1. The molecular weight excluding hydrogens is 474 g/mol. The summed E-state index contributed by atoms with van der Waals surface area (Å²) in [5.41, 5.74) is 3.69. The number of aromatic nitrogens is 2. The highest BCUT2D eigenvalue weighted by Crippen LogP contribution is 2.38. The van der Waals surface area contributed by atoms with Crippen LogP contribution in [0.15, 0.2) is 78.9 Å². The molecule has 0 amide bonds. The molecule has 5 nitrogen and oxygen atoms in total. The third-order valence-corrected chi connectivity index (χ3v) is 6.08. The Morgan fingerprint density at radius 3 is 2.03 bits per heavy atom. The Labute approximate surface area is 215 Å². The molecule has 0 aliphatic heterocycles. The SMILES string of the molecule is COC(=O)CCCCCCCOc1nc(-c2ccc(F)cc2)c(-c2ccc(F)cc2)n1-c1ccccc1. The molecule has 1 heterocycles. The highest BCUT2D eigenvalue weighted by molar-refractivity contribution is 5.81. The van der Waals surface area contributed by atoms with E-state index in [-0.39, 0.29) is 17.6 Å². The summed E-state index contributed by atoms with van der Waals surface area (Å²) in [6.45, 7) is 0.465. The van der Waals surface area contributed by atoms with Gasteiger partial charge in [0.05, 0.1) is 25.1 Å². The Balaban J connectivity index is 1.60. The van der Waals surface area contributed by atoms with Crippen LogP contribution in [0.3, 0.4) is 0 Å². The first-order valence-electron chi connectivity index (χ1n) is 12.5. The van der Waals surface area contributed by atoms with Gasteiger partial charge in [0.2, 0.25) is 0 Å². The van der Waals surface area contributed by atoms with E-state index in [2.05, 4.69) is 4.74 Å². The zero-order valence-corrected chi connectivity index (χ0v) is 20.8. The maximum absolute atomic E-state index is 13.8. The number of unbranched alkanes of at least 4 members (excludes halogenated alkanes) is 4. The van der Waals surface area contributed by atoms with Crippen molar-refractivity contribution in [2.75, 3.05) is 13.7 Å². The molecule has 0 saturated carbocycles. The summed E-state index contributed by atoms with van der Waals surface area (Å²) in [7, 11) is 1.40. The number of halogens is 2. The van der Waals surface area contributed by atoms with Gasteiger partial charge in [-0.1, -0.05) is 37.5 Å². The molecule has 1 aromatic heterocycles. The number of imidazole rings is 1. The number of rotatable bonds is 12. The van der Waals surface area contributed by atoms with Gasteiger partial charge in [-0.05, 0) is 73.5 Å². The number of nitrogens with zero attached hydrogens (tertiary/aromatic N) is 2. The van der Waals surface area contributed by atoms with Crippen molar-refractivity contribution >= 4 is 5.97 Å². The molecule has 37 heavy (non-hydrogen) atoms. The summed E-state index contributed by atoms with van der Waals surface area (Å²) in [5.74, 6) is -0.844. The van der Waals surface area contributed by atoms with Gasteiger partial charge >= 0.3 is 12.0 Å². The summed E-state index contributed by atoms with van der Waals surface area (Å²) >= 11 is 0. The fourth-order valence-corrected chi connectivity index (χ4v) is 4.16. The molecule has 0 atom stereocenters. The van der Waals surface area contributed by atoms with Crippen LogP contribution in [0, 0.1) is 11.6 Å². The average Bonchev–Trinajstić information content (AvgIpc) is 3.30. The first-order chi connectivity index (χ1) is 18.1. The predicted octanol–water partition coefficient (Wildman–Crippen LogP) is 7.38. The maximum Gasteiger partial charge on any atom is 0.305 e. The molecule has 0 saturated heterocycles. The molecule has 7 heteroatoms. The van der Waals surface area contributed by atoms with E-state index in [0.29, 0.717) is 24.7 Å². The van der Waals surface area contributed by atoms with Gasteiger partial charge in [0.25, 0.3) is 0 Å². The van der Waals surface area contributed by atoms with Crippen LogP contribution in [-0.4, -0.2) is 29.2 Å². The number of hydrogen-bond acceptors (Lipinski definition) is 4. The van der Waals surface area contributed by atoms with Crippen molar-refractivity contribution in [2.45, 2.75) is 38.5 Å². The normalized spacial score (nSPS) is 10.9. The zero-order chi connectivity index (χ0) is 26.0. The van der Waals surface area contributed by atoms with E-state index in [1.807, 2.05) is 34.9 Å². The van der Waals surface area contributed by atoms with Gasteiger partial charge in [0.15, 0.2) is 0 Å². The van der Waals surface area contributed by atoms with Crippen LogP contribution >= 0.6 is 0 Å². The number of benzene rings is 3. The minimum atomic E-state index is -0.336. The van der Waals surface area contributed by atoms with E-state index in [4.69, 9.17) is 9.72 Å². The molecule has 0 radical (unpaired) electrons. The summed E-state index contributed by atoms with van der Waals surface area (Å²) in [6, 6.07) is 22.5. The zero-order valence-electron chi connectivity index (χ0n) is 20.8. The quantitative estimate of drug-likeness (QED) is 0.149. The van der Waals surface area contributed by atoms with Crippen molar-refractivity contribution in [3.63, 3.8) is 0 Å². The van der Waals surface area contributed by atoms with Crippen LogP contribution in [0.5, 0.6) is 6.01 Å². The Kier molecular flexibility index (Phi) is 9.03. The molecule has 0 fully saturated rings. The second-order valence-corrected chi connectivity index (χ2v) is 8.72. The van der Waals surface area contributed by atoms with E-state index >= 15 is 0 Å². The summed E-state index contributed by atoms with van der Waals surface area (Å²) in [4.78, 5) is 16.1. The first kappa shape index (κ1) is 26.1. The van der Waals surface area contributed by atoms with Crippen molar-refractivity contribution < 1.29 is 23.0 Å². The Bertz CT molecular complexity index is 1290. The summed E-state index contributed by atoms with van der Waals surface area (Å²) in [5, 5.41) is 0. The molecule has 0 aliphatic rings. The molecule has 0 bridgehead atoms. The first-order valence-corrected chi connectivity index (χ1v) is 12.5. The lowest BCUT2D eigenvalue weighted by atomic mass is 10.0. The lowest BCUT2D eigenvalue weighted by molar-refractivity contribution is -0.140. The Morgan fingerprint density at radius 1 is 0.784 bits per heavy atom. The third-order valence-electron chi connectivity index (χ3n) is 6.08. The van der Waals surface area contributed by atoms with E-state index < -0.39 is 0 Å². The Hall–Kier alpha value is -4.00. The number of methoxy groups -OCH3 is 1. The van der Waals surface area contributed by atoms with Gasteiger partial charge in [-0.15, -0.1) is 0 Å². The average molecular weight is 505 g/mol. The van der Waals surface area contributed by atoms with E-state index in [1.165, 1.54) is 31.4 Å². The smallest absolute Gasteiger partial charge is 0.305 e. The molecule has 0 N–H and O–H groups in total. The van der Waals surface area contributed by atoms with E-state index in [1.54, 1.807) is 24.3 Å². The van der Waals surface area contributed by atoms with Crippen LogP contribution in [0.25, 0.3) is 28.2 Å². The molecular formula is C30H30F2N2O3. The monoisotopic (exact) mass is 504 g/mol. The summed E-state index contributed by atoms with van der Waals surface area (Å²) in [6.07, 6.45) is 5.00. The predicted molar refractivity (Wildman–Crippen MR) is 140 cm³/mol. The summed E-state index contributed by atoms with van der Waals surface area (Å²) < 4.78 is 40.2. The van der Waals surface area contributed by atoms with Gasteiger partial charge in [0.1, 0.15) is 17.3 Å². The molecule has 0 aliphatic carbocycles. The second-order valence-electron chi connectivity index (χ2n) is 8.72. The van der Waals surface area contributed by atoms with Crippen LogP contribution in [0.4, 0.5) is 8.78 Å². The highest BCUT2D eigenvalue weighted by atomic mass is 19.1. The van der Waals surface area contributed by atoms with Crippen molar-refractivity contribution in [3.8, 4) is 34.2 Å². The van der Waals surface area contributed by atoms with Gasteiger partial charge in [-0.3, -0.25) is 9.36 Å². The number of ether oxygens (including phenoxy) is 2. The van der Waals surface area contributed by atoms with Crippen LogP contribution in [-0.2, 0) is 9.53 Å². The van der Waals surface area contributed by atoms with Crippen molar-refractivity contribution in [1.82, 2.24) is 9.55 Å². The molecule has 4 aromatic rings. The van der Waals surface area contributed by atoms with Crippen molar-refractivity contribution in [2.24, 2.45) is 0 Å². The van der Waals surface area contributed by atoms with Crippen LogP contribution in [0.1, 0.15) is 38.5 Å². The largest absolute Gasteiger partial charge is 0.469 e. The van der Waals surface area contributed by atoms with Gasteiger partial charge in [0, 0.05) is 17.5 Å². The lowest BCUT2D eigenvalue weighted by Gasteiger charge is -2.13. The van der Waals surface area contributed by atoms with Crippen LogP contribution < -0.4 is 4.74 Å². The maximum atomic E-state index is 13.8. The molecule has 3 aromatic carbocycles. The van der Waals surface area contributed by atoms with Crippen LogP contribution in [0.2, 0.25) is 0 Å². The van der Waals surface area contributed by atoms with Gasteiger partial charge in [-0.2, -0.15) is 4.98 Å². The van der Waals surface area contributed by atoms with E-state index in [9.17, 15) is 13.6 Å². The topological polar surface area (TPSA) is 53.4 Å². The number of hydrogen-bond donors (Lipinski definition) is 0. The fourth-order valence-electron chi connectivity index (χ4n) is 4.16. The fraction of sp³-hybridized carbons (Fsp3) is 0.267. The molecule has 192 valence electrons. The minimum Gasteiger partial charge on any atom is -0.469 e. The molecule has 4 rings (SSSR count). The lowest BCUT2D eigenvalue weighted by Crippen LogP contribution is -2.05. The molecule has 0 spiro atoms. The number of carbonyl (C=O) groups excluding carboxylic acids is 1. The number of carbonyl (C=O) groups is 1. The minimum absolute atomic E-state index is 0.176. The standard InChI is InChI=1S/C30H30F2N2O3/c1-36-27(35)12-8-3-2-4-9-21-37-30-33-28(22-13-17-24(31)18-14-22)29(23-15-19-25(32)20-16-23)34(30)26-10-6-5-7-11-26/h5-7,10-11,13-20H,2-4,8-9,12,21H2,1H3. The van der Waals surface area contributed by atoms with Crippen molar-refractivity contribution in [3.05, 3.63) is 90.5 Å². The Morgan fingerprint density at radius 2 is 1.38 bits per heavy atom. The van der Waals surface area contributed by atoms with Gasteiger partial charge < -0.3 is 9.47 Å². The third kappa shape index (κ3) is 6.82. The second kappa shape index (κ2) is 12.8. The van der Waals surface area contributed by atoms with Gasteiger partial charge in [-0.25, -0.2) is 8.78 Å². The number of para-hydroxylation sites is 1. The molecule has 0 unspecified atom stereocenters. The highest BCUT2D eigenvalue weighted by Gasteiger charge is 2.22. The van der Waals surface area contributed by atoms with E-state index in [0.717, 1.165) is 54.6 Å². The van der Waals surface area contributed by atoms with Crippen molar-refractivity contribution in [1.29, 1.82) is 0 Å².